The second-order valence-corrected chi connectivity index (χ2v) is 5.34. The molecule has 1 amide bonds. The Balaban J connectivity index is 1.49. The predicted octanol–water partition coefficient (Wildman–Crippen LogP) is 2.61. The van der Waals surface area contributed by atoms with Crippen molar-refractivity contribution in [1.29, 1.82) is 0 Å². The highest BCUT2D eigenvalue weighted by Crippen LogP contribution is 2.15. The van der Waals surface area contributed by atoms with Crippen LogP contribution in [0.15, 0.2) is 48.8 Å². The van der Waals surface area contributed by atoms with Gasteiger partial charge in [0.1, 0.15) is 6.61 Å². The van der Waals surface area contributed by atoms with Gasteiger partial charge in [-0.2, -0.15) is 0 Å². The molecule has 5 heteroatoms. The lowest BCUT2D eigenvalue weighted by Gasteiger charge is -2.11. The first-order valence-electron chi connectivity index (χ1n) is 7.54. The van der Waals surface area contributed by atoms with Crippen LogP contribution in [0.4, 0.5) is 5.69 Å². The molecule has 1 aromatic carbocycles. The molecule has 1 aliphatic heterocycles. The maximum Gasteiger partial charge on any atom is 0.250 e. The maximum atomic E-state index is 11.9. The first kappa shape index (κ1) is 14.8. The van der Waals surface area contributed by atoms with Crippen LogP contribution in [0.25, 0.3) is 5.69 Å². The quantitative estimate of drug-likeness (QED) is 0.892. The van der Waals surface area contributed by atoms with Crippen molar-refractivity contribution in [3.8, 4) is 5.69 Å². The number of hydrogen-bond acceptors (Lipinski definition) is 3. The summed E-state index contributed by atoms with van der Waals surface area (Å²) in [5.41, 5.74) is 1.76. The van der Waals surface area contributed by atoms with E-state index in [0.29, 0.717) is 6.61 Å². The summed E-state index contributed by atoms with van der Waals surface area (Å²) in [5.74, 6) is -0.150. The van der Waals surface area contributed by atoms with Gasteiger partial charge in [0.05, 0.1) is 12.7 Å². The number of carbonyl (C=O) groups is 1. The lowest BCUT2D eigenvalue weighted by Crippen LogP contribution is -2.22. The highest BCUT2D eigenvalue weighted by atomic mass is 16.5. The number of aromatic nitrogens is 1. The Morgan fingerprint density at radius 3 is 2.95 bits per heavy atom. The number of benzene rings is 1. The molecule has 0 radical (unpaired) electrons. The van der Waals surface area contributed by atoms with Gasteiger partial charge in [-0.15, -0.1) is 0 Å². The minimum absolute atomic E-state index is 0.0492. The van der Waals surface area contributed by atoms with E-state index in [1.165, 1.54) is 0 Å². The van der Waals surface area contributed by atoms with Crippen molar-refractivity contribution in [1.82, 2.24) is 4.57 Å². The Labute approximate surface area is 129 Å². The van der Waals surface area contributed by atoms with E-state index >= 15 is 0 Å². The molecule has 1 aromatic heterocycles. The van der Waals surface area contributed by atoms with E-state index in [4.69, 9.17) is 9.47 Å². The van der Waals surface area contributed by atoms with Crippen molar-refractivity contribution in [2.24, 2.45) is 0 Å². The van der Waals surface area contributed by atoms with E-state index in [2.05, 4.69) is 5.32 Å². The van der Waals surface area contributed by atoms with E-state index < -0.39 is 0 Å². The molecule has 1 fully saturated rings. The lowest BCUT2D eigenvalue weighted by atomic mass is 10.2. The van der Waals surface area contributed by atoms with Crippen LogP contribution in [-0.2, 0) is 14.3 Å². The van der Waals surface area contributed by atoms with Gasteiger partial charge in [-0.25, -0.2) is 0 Å². The minimum Gasteiger partial charge on any atom is -0.376 e. The average molecular weight is 300 g/mol. The molecule has 0 bridgehead atoms. The zero-order chi connectivity index (χ0) is 15.2. The Morgan fingerprint density at radius 2 is 2.18 bits per heavy atom. The highest BCUT2D eigenvalue weighted by Gasteiger charge is 2.15. The van der Waals surface area contributed by atoms with Gasteiger partial charge in [0.15, 0.2) is 0 Å². The van der Waals surface area contributed by atoms with Crippen LogP contribution in [0.2, 0.25) is 0 Å². The van der Waals surface area contributed by atoms with E-state index in [1.54, 1.807) is 0 Å². The first-order chi connectivity index (χ1) is 10.8. The van der Waals surface area contributed by atoms with Gasteiger partial charge in [-0.3, -0.25) is 4.79 Å². The largest absolute Gasteiger partial charge is 0.376 e. The zero-order valence-corrected chi connectivity index (χ0v) is 12.4. The monoisotopic (exact) mass is 300 g/mol. The molecule has 2 aromatic rings. The summed E-state index contributed by atoms with van der Waals surface area (Å²) in [7, 11) is 0. The van der Waals surface area contributed by atoms with Crippen molar-refractivity contribution in [3.63, 3.8) is 0 Å². The summed E-state index contributed by atoms with van der Waals surface area (Å²) < 4.78 is 12.9. The average Bonchev–Trinajstić information content (AvgIpc) is 3.21. The Hall–Kier alpha value is -2.11. The molecule has 1 unspecified atom stereocenters. The van der Waals surface area contributed by atoms with Crippen LogP contribution in [0, 0.1) is 0 Å². The summed E-state index contributed by atoms with van der Waals surface area (Å²) >= 11 is 0. The van der Waals surface area contributed by atoms with Crippen LogP contribution in [-0.4, -0.2) is 36.4 Å². The van der Waals surface area contributed by atoms with Gasteiger partial charge in [0.2, 0.25) is 5.91 Å². The molecule has 116 valence electrons. The van der Waals surface area contributed by atoms with Gasteiger partial charge in [-0.05, 0) is 43.2 Å². The molecule has 1 saturated heterocycles. The van der Waals surface area contributed by atoms with Crippen molar-refractivity contribution in [2.75, 3.05) is 25.1 Å². The topological polar surface area (TPSA) is 52.5 Å². The number of carbonyl (C=O) groups excluding carboxylic acids is 1. The van der Waals surface area contributed by atoms with Crippen LogP contribution < -0.4 is 5.32 Å². The summed E-state index contributed by atoms with van der Waals surface area (Å²) in [6.45, 7) is 1.33. The van der Waals surface area contributed by atoms with Gasteiger partial charge < -0.3 is 19.4 Å². The third-order valence-electron chi connectivity index (χ3n) is 3.59. The van der Waals surface area contributed by atoms with Crippen LogP contribution >= 0.6 is 0 Å². The molecule has 22 heavy (non-hydrogen) atoms. The SMILES string of the molecule is O=C(COCC1CCCO1)Nc1cccc(-n2cccc2)c1. The fourth-order valence-electron chi connectivity index (χ4n) is 2.51. The standard InChI is InChI=1S/C17H20N2O3/c20-17(13-21-12-16-7-4-10-22-16)18-14-5-3-6-15(11-14)19-8-1-2-9-19/h1-3,5-6,8-9,11,16H,4,7,10,12-13H2,(H,18,20). The van der Waals surface area contributed by atoms with E-state index in [9.17, 15) is 4.79 Å². The van der Waals surface area contributed by atoms with Gasteiger partial charge >= 0.3 is 0 Å². The minimum atomic E-state index is -0.150. The number of ether oxygens (including phenoxy) is 2. The van der Waals surface area contributed by atoms with Gasteiger partial charge in [0.25, 0.3) is 0 Å². The number of anilines is 1. The number of hydrogen-bond donors (Lipinski definition) is 1. The molecule has 1 aliphatic rings. The summed E-state index contributed by atoms with van der Waals surface area (Å²) in [6.07, 6.45) is 6.16. The summed E-state index contributed by atoms with van der Waals surface area (Å²) in [5, 5.41) is 2.85. The fourth-order valence-corrected chi connectivity index (χ4v) is 2.51. The van der Waals surface area contributed by atoms with Crippen LogP contribution in [0.5, 0.6) is 0 Å². The second kappa shape index (κ2) is 7.24. The van der Waals surface area contributed by atoms with E-state index in [-0.39, 0.29) is 18.6 Å². The maximum absolute atomic E-state index is 11.9. The van der Waals surface area contributed by atoms with Gasteiger partial charge in [-0.1, -0.05) is 6.07 Å². The summed E-state index contributed by atoms with van der Waals surface area (Å²) in [6, 6.07) is 11.6. The van der Waals surface area contributed by atoms with Crippen molar-refractivity contribution >= 4 is 11.6 Å². The van der Waals surface area contributed by atoms with Crippen molar-refractivity contribution in [2.45, 2.75) is 18.9 Å². The van der Waals surface area contributed by atoms with Crippen LogP contribution in [0.1, 0.15) is 12.8 Å². The van der Waals surface area contributed by atoms with Crippen molar-refractivity contribution < 1.29 is 14.3 Å². The first-order valence-corrected chi connectivity index (χ1v) is 7.54. The smallest absolute Gasteiger partial charge is 0.250 e. The molecule has 0 aliphatic carbocycles. The number of nitrogens with zero attached hydrogens (tertiary/aromatic N) is 1. The molecule has 5 nitrogen and oxygen atoms in total. The lowest BCUT2D eigenvalue weighted by molar-refractivity contribution is -0.121. The third kappa shape index (κ3) is 3.96. The molecule has 0 saturated carbocycles. The molecular formula is C17H20N2O3. The highest BCUT2D eigenvalue weighted by molar-refractivity contribution is 5.91. The Kier molecular flexibility index (Phi) is 4.88. The van der Waals surface area contributed by atoms with Crippen molar-refractivity contribution in [3.05, 3.63) is 48.8 Å². The molecule has 1 atom stereocenters. The molecule has 2 heterocycles. The fraction of sp³-hybridized carbons (Fsp3) is 0.353. The second-order valence-electron chi connectivity index (χ2n) is 5.34. The predicted molar refractivity (Wildman–Crippen MR) is 84.2 cm³/mol. The van der Waals surface area contributed by atoms with Gasteiger partial charge in [0, 0.05) is 30.4 Å². The number of amides is 1. The number of rotatable bonds is 6. The molecular weight excluding hydrogens is 280 g/mol. The molecule has 3 rings (SSSR count). The Bertz CT molecular complexity index is 604. The number of nitrogens with one attached hydrogen (secondary N) is 1. The van der Waals surface area contributed by atoms with E-state index in [0.717, 1.165) is 30.8 Å². The normalized spacial score (nSPS) is 17.5. The summed E-state index contributed by atoms with van der Waals surface area (Å²) in [4.78, 5) is 11.9. The zero-order valence-electron chi connectivity index (χ0n) is 12.4. The van der Waals surface area contributed by atoms with E-state index in [1.807, 2.05) is 53.4 Å². The molecule has 0 spiro atoms. The third-order valence-corrected chi connectivity index (χ3v) is 3.59. The van der Waals surface area contributed by atoms with Crippen LogP contribution in [0.3, 0.4) is 0 Å². The Morgan fingerprint density at radius 1 is 1.32 bits per heavy atom. The molecule has 1 N–H and O–H groups in total.